The zero-order chi connectivity index (χ0) is 12.1. The van der Waals surface area contributed by atoms with Crippen LogP contribution in [0.25, 0.3) is 0 Å². The zero-order valence-corrected chi connectivity index (χ0v) is 10.0. The van der Waals surface area contributed by atoms with E-state index in [-0.39, 0.29) is 24.5 Å². The van der Waals surface area contributed by atoms with Gasteiger partial charge < -0.3 is 10.8 Å². The van der Waals surface area contributed by atoms with E-state index in [1.165, 1.54) is 6.92 Å². The minimum absolute atomic E-state index is 0.0516. The molecule has 5 nitrogen and oxygen atoms in total. The van der Waals surface area contributed by atoms with Crippen molar-refractivity contribution in [1.29, 1.82) is 0 Å². The molecule has 0 aromatic carbocycles. The third-order valence-electron chi connectivity index (χ3n) is 2.45. The number of rotatable bonds is 7. The summed E-state index contributed by atoms with van der Waals surface area (Å²) in [5.74, 6) is -1.05. The topological polar surface area (TPSA) is 97.5 Å². The van der Waals surface area contributed by atoms with E-state index in [1.807, 2.05) is 0 Å². The number of sulfone groups is 1. The summed E-state index contributed by atoms with van der Waals surface area (Å²) in [6, 6.07) is 0. The average Bonchev–Trinajstić information content (AvgIpc) is 2.14. The Balaban J connectivity index is 4.43. The first-order chi connectivity index (χ1) is 6.77. The summed E-state index contributed by atoms with van der Waals surface area (Å²) < 4.78 is 22.8. The van der Waals surface area contributed by atoms with Gasteiger partial charge in [-0.2, -0.15) is 0 Å². The molecule has 1 atom stereocenters. The molecule has 0 rings (SSSR count). The lowest BCUT2D eigenvalue weighted by Gasteiger charge is -2.22. The molecule has 0 spiro atoms. The van der Waals surface area contributed by atoms with Crippen LogP contribution in [0.4, 0.5) is 0 Å². The van der Waals surface area contributed by atoms with E-state index < -0.39 is 21.2 Å². The lowest BCUT2D eigenvalue weighted by Crippen LogP contribution is -2.37. The quantitative estimate of drug-likeness (QED) is 0.661. The molecule has 0 bridgehead atoms. The maximum Gasteiger partial charge on any atom is 0.310 e. The molecule has 0 aromatic heterocycles. The largest absolute Gasteiger partial charge is 0.481 e. The van der Waals surface area contributed by atoms with Crippen LogP contribution in [-0.2, 0) is 14.6 Å². The van der Waals surface area contributed by atoms with Crippen molar-refractivity contribution in [3.8, 4) is 0 Å². The van der Waals surface area contributed by atoms with Crippen molar-refractivity contribution in [1.82, 2.24) is 0 Å². The van der Waals surface area contributed by atoms with Crippen molar-refractivity contribution in [2.24, 2.45) is 11.1 Å². The summed E-state index contributed by atoms with van der Waals surface area (Å²) in [5.41, 5.74) is 4.20. The number of nitrogens with two attached hydrogens (primary N) is 1. The average molecular weight is 237 g/mol. The summed E-state index contributed by atoms with van der Waals surface area (Å²) in [4.78, 5) is 10.9. The fourth-order valence-corrected chi connectivity index (χ4v) is 2.68. The van der Waals surface area contributed by atoms with E-state index in [2.05, 4.69) is 0 Å². The van der Waals surface area contributed by atoms with Crippen LogP contribution in [0, 0.1) is 5.41 Å². The first-order valence-electron chi connectivity index (χ1n) is 4.91. The second-order valence-corrected chi connectivity index (χ2v) is 6.28. The maximum atomic E-state index is 11.4. The molecule has 0 heterocycles. The molecule has 15 heavy (non-hydrogen) atoms. The Morgan fingerprint density at radius 3 is 2.27 bits per heavy atom. The van der Waals surface area contributed by atoms with Gasteiger partial charge in [0.1, 0.15) is 9.84 Å². The van der Waals surface area contributed by atoms with Crippen molar-refractivity contribution < 1.29 is 18.3 Å². The highest BCUT2D eigenvalue weighted by Gasteiger charge is 2.32. The highest BCUT2D eigenvalue weighted by atomic mass is 32.2. The Morgan fingerprint density at radius 2 is 1.93 bits per heavy atom. The first-order valence-corrected chi connectivity index (χ1v) is 6.73. The summed E-state index contributed by atoms with van der Waals surface area (Å²) in [6.45, 7) is 3.19. The molecule has 0 aliphatic carbocycles. The molecule has 0 saturated carbocycles. The second-order valence-electron chi connectivity index (χ2n) is 3.97. The Hall–Kier alpha value is -0.620. The number of hydrogen-bond donors (Lipinski definition) is 2. The first kappa shape index (κ1) is 14.4. The van der Waals surface area contributed by atoms with Crippen molar-refractivity contribution in [2.45, 2.75) is 26.7 Å². The molecule has 0 saturated heterocycles. The molecule has 0 aliphatic heterocycles. The van der Waals surface area contributed by atoms with Gasteiger partial charge in [0.15, 0.2) is 0 Å². The van der Waals surface area contributed by atoms with Crippen LogP contribution in [0.3, 0.4) is 0 Å². The van der Waals surface area contributed by atoms with Crippen molar-refractivity contribution in [3.63, 3.8) is 0 Å². The minimum Gasteiger partial charge on any atom is -0.481 e. The van der Waals surface area contributed by atoms with Crippen LogP contribution in [0.1, 0.15) is 26.7 Å². The second kappa shape index (κ2) is 5.46. The molecule has 1 unspecified atom stereocenters. The van der Waals surface area contributed by atoms with Gasteiger partial charge in [0.25, 0.3) is 0 Å². The van der Waals surface area contributed by atoms with Crippen molar-refractivity contribution >= 4 is 15.8 Å². The molecular formula is C9H19NO4S. The van der Waals surface area contributed by atoms with Crippen LogP contribution in [-0.4, -0.2) is 37.5 Å². The summed E-state index contributed by atoms with van der Waals surface area (Å²) in [7, 11) is -3.13. The van der Waals surface area contributed by atoms with Gasteiger partial charge >= 0.3 is 5.97 Å². The molecule has 0 radical (unpaired) electrons. The van der Waals surface area contributed by atoms with E-state index in [4.69, 9.17) is 10.8 Å². The van der Waals surface area contributed by atoms with E-state index in [9.17, 15) is 13.2 Å². The van der Waals surface area contributed by atoms with Crippen LogP contribution in [0.2, 0.25) is 0 Å². The van der Waals surface area contributed by atoms with Gasteiger partial charge in [0, 0.05) is 12.3 Å². The molecule has 3 N–H and O–H groups in total. The van der Waals surface area contributed by atoms with Gasteiger partial charge in [-0.1, -0.05) is 6.92 Å². The van der Waals surface area contributed by atoms with Crippen LogP contribution < -0.4 is 5.73 Å². The molecular weight excluding hydrogens is 218 g/mol. The monoisotopic (exact) mass is 237 g/mol. The summed E-state index contributed by atoms with van der Waals surface area (Å²) >= 11 is 0. The van der Waals surface area contributed by atoms with Crippen LogP contribution in [0.15, 0.2) is 0 Å². The van der Waals surface area contributed by atoms with E-state index in [0.29, 0.717) is 6.42 Å². The van der Waals surface area contributed by atoms with Crippen molar-refractivity contribution in [2.75, 3.05) is 18.1 Å². The number of carboxylic acid groups (broad SMARTS) is 1. The Labute approximate surface area is 90.6 Å². The van der Waals surface area contributed by atoms with Gasteiger partial charge in [-0.05, 0) is 19.8 Å². The number of carbonyl (C=O) groups is 1. The minimum atomic E-state index is -3.13. The third kappa shape index (κ3) is 4.61. The Bertz CT molecular complexity index is 312. The predicted molar refractivity (Wildman–Crippen MR) is 58.4 cm³/mol. The molecule has 0 amide bonds. The fourth-order valence-electron chi connectivity index (χ4n) is 1.09. The van der Waals surface area contributed by atoms with Crippen molar-refractivity contribution in [3.05, 3.63) is 0 Å². The number of aliphatic carboxylic acids is 1. The lowest BCUT2D eigenvalue weighted by molar-refractivity contribution is -0.147. The normalized spacial score (nSPS) is 15.9. The van der Waals surface area contributed by atoms with E-state index in [1.54, 1.807) is 6.92 Å². The molecule has 0 fully saturated rings. The van der Waals surface area contributed by atoms with Gasteiger partial charge in [0.2, 0.25) is 0 Å². The summed E-state index contributed by atoms with van der Waals surface area (Å²) in [6.07, 6.45) is 0.621. The van der Waals surface area contributed by atoms with E-state index >= 15 is 0 Å². The molecule has 6 heteroatoms. The maximum absolute atomic E-state index is 11.4. The highest BCUT2D eigenvalue weighted by Crippen LogP contribution is 2.21. The summed E-state index contributed by atoms with van der Waals surface area (Å²) in [5, 5.41) is 8.88. The third-order valence-corrected chi connectivity index (χ3v) is 4.30. The van der Waals surface area contributed by atoms with Gasteiger partial charge in [-0.25, -0.2) is 8.42 Å². The number of hydrogen-bond acceptors (Lipinski definition) is 4. The van der Waals surface area contributed by atoms with Gasteiger partial charge in [-0.3, -0.25) is 4.79 Å². The predicted octanol–water partition coefficient (Wildman–Crippen LogP) is 0.251. The SMILES string of the molecule is CCCS(=O)(=O)CCC(C)(CN)C(=O)O. The smallest absolute Gasteiger partial charge is 0.310 e. The number of carboxylic acids is 1. The van der Waals surface area contributed by atoms with Crippen LogP contribution >= 0.6 is 0 Å². The molecule has 0 aromatic rings. The zero-order valence-electron chi connectivity index (χ0n) is 9.19. The Kier molecular flexibility index (Phi) is 5.23. The standard InChI is InChI=1S/C9H19NO4S/c1-3-5-15(13,14)6-4-9(2,7-10)8(11)12/h3-7,10H2,1-2H3,(H,11,12). The van der Waals surface area contributed by atoms with E-state index in [0.717, 1.165) is 0 Å². The fraction of sp³-hybridized carbons (Fsp3) is 0.889. The molecule has 90 valence electrons. The molecule has 0 aliphatic rings. The van der Waals surface area contributed by atoms with Crippen LogP contribution in [0.5, 0.6) is 0 Å². The highest BCUT2D eigenvalue weighted by molar-refractivity contribution is 7.91. The van der Waals surface area contributed by atoms with Gasteiger partial charge in [0.05, 0.1) is 11.2 Å². The lowest BCUT2D eigenvalue weighted by atomic mass is 9.88. The van der Waals surface area contributed by atoms with Gasteiger partial charge in [-0.15, -0.1) is 0 Å². The Morgan fingerprint density at radius 1 is 1.40 bits per heavy atom.